The number of carbonyl (C=O) groups is 3. The first-order chi connectivity index (χ1) is 18.2. The van der Waals surface area contributed by atoms with E-state index in [4.69, 9.17) is 0 Å². The van der Waals surface area contributed by atoms with Gasteiger partial charge in [0.05, 0.1) is 29.2 Å². The van der Waals surface area contributed by atoms with Crippen LogP contribution >= 0.6 is 11.8 Å². The van der Waals surface area contributed by atoms with Crippen LogP contribution in [0.1, 0.15) is 77.7 Å². The summed E-state index contributed by atoms with van der Waals surface area (Å²) in [6.07, 6.45) is 7.48. The number of thioether (sulfide) groups is 1. The van der Waals surface area contributed by atoms with Gasteiger partial charge in [0, 0.05) is 17.3 Å². The van der Waals surface area contributed by atoms with E-state index in [2.05, 4.69) is 31.4 Å². The van der Waals surface area contributed by atoms with Crippen LogP contribution in [-0.2, 0) is 20.9 Å². The third-order valence-corrected chi connectivity index (χ3v) is 11.3. The minimum atomic E-state index is -0.670. The number of likely N-dealkylation sites (tertiary alicyclic amines) is 1. The van der Waals surface area contributed by atoms with E-state index >= 15 is 0 Å². The smallest absolute Gasteiger partial charge is 0.244 e. The Bertz CT molecular complexity index is 1050. The van der Waals surface area contributed by atoms with Crippen LogP contribution in [0.25, 0.3) is 0 Å². The molecule has 4 fully saturated rings. The van der Waals surface area contributed by atoms with Crippen LogP contribution < -0.4 is 10.6 Å². The highest BCUT2D eigenvalue weighted by Gasteiger charge is 2.77. The molecule has 5 rings (SSSR count). The molecular weight excluding hydrogens is 498 g/mol. The molecule has 1 saturated carbocycles. The molecule has 7 nitrogen and oxygen atoms in total. The number of aliphatic hydroxyl groups excluding tert-OH is 1. The molecule has 6 atom stereocenters. The number of aliphatic hydroxyl groups is 1. The molecule has 38 heavy (non-hydrogen) atoms. The van der Waals surface area contributed by atoms with Crippen molar-refractivity contribution in [1.29, 1.82) is 0 Å². The number of nitrogens with one attached hydrogen (secondary N) is 2. The summed E-state index contributed by atoms with van der Waals surface area (Å²) < 4.78 is -1.05. The van der Waals surface area contributed by atoms with Crippen molar-refractivity contribution in [2.75, 3.05) is 6.61 Å². The Morgan fingerprint density at radius 2 is 1.82 bits per heavy atom. The monoisotopic (exact) mass is 541 g/mol. The van der Waals surface area contributed by atoms with Gasteiger partial charge in [-0.05, 0) is 50.5 Å². The molecule has 4 aliphatic rings. The summed E-state index contributed by atoms with van der Waals surface area (Å²) in [5.74, 6) is -1.16. The Morgan fingerprint density at radius 1 is 1.11 bits per heavy atom. The van der Waals surface area contributed by atoms with Crippen LogP contribution in [0.2, 0.25) is 0 Å². The molecule has 1 spiro atoms. The average Bonchev–Trinajstić information content (AvgIpc) is 3.47. The van der Waals surface area contributed by atoms with Gasteiger partial charge in [-0.15, -0.1) is 11.8 Å². The van der Waals surface area contributed by atoms with E-state index in [1.807, 2.05) is 30.3 Å². The highest BCUT2D eigenvalue weighted by atomic mass is 32.2. The van der Waals surface area contributed by atoms with Gasteiger partial charge in [-0.2, -0.15) is 0 Å². The molecule has 2 unspecified atom stereocenters. The lowest BCUT2D eigenvalue weighted by molar-refractivity contribution is -0.143. The van der Waals surface area contributed by atoms with Crippen LogP contribution in [0.5, 0.6) is 0 Å². The van der Waals surface area contributed by atoms with Crippen LogP contribution in [0.15, 0.2) is 30.3 Å². The van der Waals surface area contributed by atoms with E-state index in [9.17, 15) is 19.5 Å². The first kappa shape index (κ1) is 27.5. The van der Waals surface area contributed by atoms with Gasteiger partial charge in [0.25, 0.3) is 0 Å². The summed E-state index contributed by atoms with van der Waals surface area (Å²) in [6, 6.07) is 8.82. The number of fused-ring (bicyclic) bond motifs is 1. The molecule has 3 heterocycles. The van der Waals surface area contributed by atoms with Crippen molar-refractivity contribution in [1.82, 2.24) is 15.5 Å². The van der Waals surface area contributed by atoms with Crippen molar-refractivity contribution in [3.05, 3.63) is 35.9 Å². The fourth-order valence-electron chi connectivity index (χ4n) is 7.70. The summed E-state index contributed by atoms with van der Waals surface area (Å²) in [4.78, 5) is 43.9. The van der Waals surface area contributed by atoms with Crippen molar-refractivity contribution in [2.45, 2.75) is 106 Å². The molecule has 0 radical (unpaired) electrons. The number of nitrogens with zero attached hydrogens (tertiary/aromatic N) is 1. The highest BCUT2D eigenvalue weighted by molar-refractivity contribution is 8.02. The van der Waals surface area contributed by atoms with Gasteiger partial charge in [-0.25, -0.2) is 0 Å². The maximum absolute atomic E-state index is 14.3. The summed E-state index contributed by atoms with van der Waals surface area (Å²) in [5.41, 5.74) is 1.01. The zero-order valence-electron chi connectivity index (χ0n) is 22.9. The molecule has 0 aromatic heterocycles. The first-order valence-electron chi connectivity index (χ1n) is 14.5. The standard InChI is InChI=1S/C30H43N3O4S/c1-19(2)16-22(18-34)33-25(27(36)32-21-12-8-5-9-13-21)30-15-14-29(3,38-30)23(24(30)28(33)37)26(35)31-17-20-10-6-4-7-11-20/h4,6-7,10-11,19,21-25,34H,5,8-9,12-18H2,1-3H3,(H,31,35)(H,32,36)/t22-,23-,24+,25?,29+,30?/m1/s1. The predicted octanol–water partition coefficient (Wildman–Crippen LogP) is 3.64. The Hall–Kier alpha value is -2.06. The van der Waals surface area contributed by atoms with Gasteiger partial charge in [-0.1, -0.05) is 63.4 Å². The normalized spacial score (nSPS) is 33.4. The second-order valence-corrected chi connectivity index (χ2v) is 14.4. The van der Waals surface area contributed by atoms with Crippen LogP contribution in [0.3, 0.4) is 0 Å². The molecule has 1 aromatic rings. The summed E-state index contributed by atoms with van der Waals surface area (Å²) >= 11 is 1.70. The zero-order chi connectivity index (χ0) is 27.1. The average molecular weight is 542 g/mol. The quantitative estimate of drug-likeness (QED) is 0.443. The van der Waals surface area contributed by atoms with Crippen molar-refractivity contribution >= 4 is 29.5 Å². The van der Waals surface area contributed by atoms with E-state index in [0.717, 1.165) is 44.1 Å². The Kier molecular flexibility index (Phi) is 7.84. The van der Waals surface area contributed by atoms with Gasteiger partial charge >= 0.3 is 0 Å². The molecule has 2 bridgehead atoms. The number of benzene rings is 1. The number of hydrogen-bond donors (Lipinski definition) is 3. The van der Waals surface area contributed by atoms with Crippen molar-refractivity contribution < 1.29 is 19.5 Å². The molecule has 8 heteroatoms. The molecule has 1 aliphatic carbocycles. The number of hydrogen-bond acceptors (Lipinski definition) is 5. The number of amides is 3. The maximum Gasteiger partial charge on any atom is 0.244 e. The Balaban J connectivity index is 1.47. The minimum absolute atomic E-state index is 0.1000. The molecular formula is C30H43N3O4S. The summed E-state index contributed by atoms with van der Waals surface area (Å²) in [6.45, 7) is 6.46. The van der Waals surface area contributed by atoms with Gasteiger partial charge in [0.2, 0.25) is 17.7 Å². The maximum atomic E-state index is 14.3. The minimum Gasteiger partial charge on any atom is -0.394 e. The summed E-state index contributed by atoms with van der Waals surface area (Å²) in [5, 5.41) is 16.8. The van der Waals surface area contributed by atoms with Crippen molar-refractivity contribution in [2.24, 2.45) is 17.8 Å². The lowest BCUT2D eigenvalue weighted by Crippen LogP contribution is -2.58. The third-order valence-electron chi connectivity index (χ3n) is 9.35. The molecule has 3 amide bonds. The lowest BCUT2D eigenvalue weighted by Gasteiger charge is -2.38. The number of carbonyl (C=O) groups excluding carboxylic acids is 3. The Morgan fingerprint density at radius 3 is 2.47 bits per heavy atom. The Labute approximate surface area is 230 Å². The SMILES string of the molecule is CC(C)C[C@H](CO)N1C(=O)[C@@H]2[C@H](C(=O)NCc3ccccc3)[C@]3(C)CCC2(S3)C1C(=O)NC1CCCCC1. The lowest BCUT2D eigenvalue weighted by atomic mass is 9.66. The molecule has 1 aromatic carbocycles. The van der Waals surface area contributed by atoms with E-state index < -0.39 is 33.4 Å². The second-order valence-electron chi connectivity index (χ2n) is 12.5. The number of rotatable bonds is 9. The van der Waals surface area contributed by atoms with E-state index in [0.29, 0.717) is 13.0 Å². The van der Waals surface area contributed by atoms with Gasteiger partial charge < -0.3 is 20.6 Å². The highest BCUT2D eigenvalue weighted by Crippen LogP contribution is 2.71. The molecule has 3 aliphatic heterocycles. The van der Waals surface area contributed by atoms with Crippen molar-refractivity contribution in [3.63, 3.8) is 0 Å². The predicted molar refractivity (Wildman–Crippen MR) is 149 cm³/mol. The van der Waals surface area contributed by atoms with Crippen LogP contribution in [-0.4, -0.2) is 62.0 Å². The van der Waals surface area contributed by atoms with Gasteiger partial charge in [0.15, 0.2) is 0 Å². The molecule has 208 valence electrons. The van der Waals surface area contributed by atoms with Crippen molar-refractivity contribution in [3.8, 4) is 0 Å². The zero-order valence-corrected chi connectivity index (χ0v) is 23.8. The van der Waals surface area contributed by atoms with Crippen LogP contribution in [0, 0.1) is 17.8 Å². The van der Waals surface area contributed by atoms with Gasteiger partial charge in [-0.3, -0.25) is 14.4 Å². The first-order valence-corrected chi connectivity index (χ1v) is 15.3. The largest absolute Gasteiger partial charge is 0.394 e. The summed E-state index contributed by atoms with van der Waals surface area (Å²) in [7, 11) is 0. The van der Waals surface area contributed by atoms with Gasteiger partial charge in [0.1, 0.15) is 6.04 Å². The fraction of sp³-hybridized carbons (Fsp3) is 0.700. The van der Waals surface area contributed by atoms with E-state index in [-0.39, 0.29) is 36.3 Å². The van der Waals surface area contributed by atoms with E-state index in [1.165, 1.54) is 6.42 Å². The van der Waals surface area contributed by atoms with Crippen LogP contribution in [0.4, 0.5) is 0 Å². The van der Waals surface area contributed by atoms with E-state index in [1.54, 1.807) is 16.7 Å². The third kappa shape index (κ3) is 4.76. The topological polar surface area (TPSA) is 98.7 Å². The second kappa shape index (κ2) is 10.8. The molecule has 3 saturated heterocycles. The molecule has 3 N–H and O–H groups in total. The fourth-order valence-corrected chi connectivity index (χ4v) is 10.0.